The van der Waals surface area contributed by atoms with Crippen molar-refractivity contribution in [2.45, 2.75) is 83.8 Å². The molecule has 1 unspecified atom stereocenters. The Balaban J connectivity index is 1.96. The highest BCUT2D eigenvalue weighted by Crippen LogP contribution is 2.59. The molecular weight excluding hydrogens is 446 g/mol. The number of esters is 1. The van der Waals surface area contributed by atoms with Gasteiger partial charge in [0.05, 0.1) is 17.3 Å². The summed E-state index contributed by atoms with van der Waals surface area (Å²) in [5.41, 5.74) is 4.38. The summed E-state index contributed by atoms with van der Waals surface area (Å²) >= 11 is 1.37. The number of rotatable bonds is 7. The highest BCUT2D eigenvalue weighted by molar-refractivity contribution is 8.00. The third-order valence-corrected chi connectivity index (χ3v) is 9.92. The van der Waals surface area contributed by atoms with Crippen LogP contribution < -0.4 is 5.73 Å². The first kappa shape index (κ1) is 26.8. The highest BCUT2D eigenvalue weighted by atomic mass is 32.2. The Morgan fingerprint density at radius 1 is 1.35 bits per heavy atom. The van der Waals surface area contributed by atoms with E-state index in [9.17, 15) is 14.7 Å². The zero-order valence-corrected chi connectivity index (χ0v) is 22.1. The minimum absolute atomic E-state index is 0.0702. The fraction of sp³-hybridized carbons (Fsp3) is 0.643. The lowest BCUT2D eigenvalue weighted by Gasteiger charge is -2.58. The molecule has 3 N–H and O–H groups in total. The van der Waals surface area contributed by atoms with E-state index in [4.69, 9.17) is 10.5 Å². The smallest absolute Gasteiger partial charge is 0.316 e. The molecule has 0 aliphatic heterocycles. The Morgan fingerprint density at radius 3 is 2.68 bits per heavy atom. The Bertz CT molecular complexity index is 935. The lowest BCUT2D eigenvalue weighted by Crippen LogP contribution is -2.64. The van der Waals surface area contributed by atoms with E-state index in [2.05, 4.69) is 20.4 Å². The molecule has 0 amide bonds. The van der Waals surface area contributed by atoms with Gasteiger partial charge in [-0.3, -0.25) is 9.59 Å². The Hall–Kier alpha value is -1.79. The van der Waals surface area contributed by atoms with Crippen molar-refractivity contribution >= 4 is 29.2 Å². The molecule has 0 saturated heterocycles. The first-order chi connectivity index (χ1) is 15.9. The number of thioether (sulfide) groups is 1. The van der Waals surface area contributed by atoms with Crippen LogP contribution in [0.4, 0.5) is 5.69 Å². The first-order valence-electron chi connectivity index (χ1n) is 12.5. The lowest BCUT2D eigenvalue weighted by molar-refractivity contribution is -0.191. The largest absolute Gasteiger partial charge is 0.461 e. The second-order valence-corrected chi connectivity index (χ2v) is 12.0. The van der Waals surface area contributed by atoms with E-state index in [-0.39, 0.29) is 29.3 Å². The second-order valence-electron chi connectivity index (χ2n) is 10.9. The summed E-state index contributed by atoms with van der Waals surface area (Å²) in [6, 6.07) is 7.39. The van der Waals surface area contributed by atoms with Crippen molar-refractivity contribution in [2.24, 2.45) is 28.1 Å². The Kier molecular flexibility index (Phi) is 7.93. The van der Waals surface area contributed by atoms with Gasteiger partial charge in [0, 0.05) is 21.4 Å². The summed E-state index contributed by atoms with van der Waals surface area (Å²) in [4.78, 5) is 28.3. The van der Waals surface area contributed by atoms with Crippen molar-refractivity contribution in [3.05, 3.63) is 36.9 Å². The molecule has 2 aliphatic carbocycles. The maximum atomic E-state index is 14.3. The zero-order valence-electron chi connectivity index (χ0n) is 21.3. The predicted molar refractivity (Wildman–Crippen MR) is 138 cm³/mol. The van der Waals surface area contributed by atoms with Crippen LogP contribution in [0.25, 0.3) is 0 Å². The van der Waals surface area contributed by atoms with E-state index in [0.29, 0.717) is 12.1 Å². The number of Topliss-reactive ketones (excluding diaryl/α,β-unsaturated/α-hetero) is 1. The number of fused-ring (bicyclic) bond motifs is 2. The zero-order chi connectivity index (χ0) is 25.3. The molecule has 7 atom stereocenters. The van der Waals surface area contributed by atoms with Crippen LogP contribution in [0.5, 0.6) is 0 Å². The summed E-state index contributed by atoms with van der Waals surface area (Å²) in [6.07, 6.45) is 3.99. The van der Waals surface area contributed by atoms with Crippen molar-refractivity contribution in [2.75, 3.05) is 11.5 Å². The van der Waals surface area contributed by atoms with Crippen LogP contribution in [0.2, 0.25) is 0 Å². The average Bonchev–Trinajstić information content (AvgIpc) is 2.81. The number of benzene rings is 1. The van der Waals surface area contributed by atoms with Gasteiger partial charge in [-0.15, -0.1) is 18.3 Å². The molecule has 0 aromatic heterocycles. The molecule has 6 heteroatoms. The number of carbonyl (C=O) groups is 2. The Morgan fingerprint density at radius 2 is 2.06 bits per heavy atom. The number of nitrogen functional groups attached to an aromatic ring is 1. The molecule has 2 bridgehead atoms. The second kappa shape index (κ2) is 10.1. The third kappa shape index (κ3) is 4.56. The molecular formula is C28H41NO4S. The number of ketones is 1. The molecule has 188 valence electrons. The van der Waals surface area contributed by atoms with Crippen LogP contribution in [-0.4, -0.2) is 34.8 Å². The van der Waals surface area contributed by atoms with Gasteiger partial charge in [-0.1, -0.05) is 46.3 Å². The van der Waals surface area contributed by atoms with Crippen molar-refractivity contribution in [1.29, 1.82) is 0 Å². The van der Waals surface area contributed by atoms with E-state index in [1.165, 1.54) is 11.8 Å². The number of hydrogen-bond donors (Lipinski definition) is 2. The molecule has 1 aromatic carbocycles. The summed E-state index contributed by atoms with van der Waals surface area (Å²) < 4.78 is 6.14. The molecule has 0 spiro atoms. The standard InChI is InChI=1S/C28H41NO4S/c1-7-13-28-14-12-18(3)27(6,25(28)32)22(16-26(5,8-2)24(31)19(28)4)33-23(30)17-34-21-11-9-10-20(29)15-21/h8-11,15,18-19,22,24,31H,2,7,12-14,16-17,29H2,1,3-6H3/t18?,19-,22+,24-,26+,27-,28+/m0/s1. The van der Waals surface area contributed by atoms with Crippen LogP contribution >= 0.6 is 11.8 Å². The van der Waals surface area contributed by atoms with Gasteiger partial charge < -0.3 is 15.6 Å². The molecule has 3 rings (SSSR count). The fourth-order valence-electron chi connectivity index (χ4n) is 6.37. The number of carbonyl (C=O) groups excluding carboxylic acids is 2. The number of anilines is 1. The monoisotopic (exact) mass is 487 g/mol. The van der Waals surface area contributed by atoms with E-state index in [1.54, 1.807) is 12.1 Å². The molecule has 2 fully saturated rings. The first-order valence-corrected chi connectivity index (χ1v) is 13.5. The molecule has 2 aliphatic rings. The summed E-state index contributed by atoms with van der Waals surface area (Å²) in [5, 5.41) is 11.5. The fourth-order valence-corrected chi connectivity index (χ4v) is 7.12. The van der Waals surface area contributed by atoms with Crippen molar-refractivity contribution in [1.82, 2.24) is 0 Å². The number of nitrogens with two attached hydrogens (primary N) is 1. The van der Waals surface area contributed by atoms with Gasteiger partial charge in [0.25, 0.3) is 0 Å². The number of aliphatic hydroxyl groups is 1. The molecule has 0 radical (unpaired) electrons. The third-order valence-electron chi connectivity index (χ3n) is 8.95. The predicted octanol–water partition coefficient (Wildman–Crippen LogP) is 5.66. The van der Waals surface area contributed by atoms with Gasteiger partial charge in [-0.25, -0.2) is 0 Å². The topological polar surface area (TPSA) is 89.6 Å². The maximum absolute atomic E-state index is 14.3. The number of aliphatic hydroxyl groups excluding tert-OH is 1. The van der Waals surface area contributed by atoms with Gasteiger partial charge in [-0.05, 0) is 62.6 Å². The molecule has 1 aromatic rings. The number of ether oxygens (including phenoxy) is 1. The minimum Gasteiger partial charge on any atom is -0.461 e. The van der Waals surface area contributed by atoms with E-state index < -0.39 is 28.5 Å². The highest BCUT2D eigenvalue weighted by Gasteiger charge is 2.64. The minimum atomic E-state index is -0.816. The summed E-state index contributed by atoms with van der Waals surface area (Å²) in [5.74, 6) is -0.214. The molecule has 34 heavy (non-hydrogen) atoms. The van der Waals surface area contributed by atoms with Crippen molar-refractivity contribution in [3.8, 4) is 0 Å². The normalized spacial score (nSPS) is 38.0. The quantitative estimate of drug-likeness (QED) is 0.223. The van der Waals surface area contributed by atoms with E-state index in [1.807, 2.05) is 39.0 Å². The van der Waals surface area contributed by atoms with E-state index in [0.717, 1.165) is 30.6 Å². The van der Waals surface area contributed by atoms with Gasteiger partial charge in [-0.2, -0.15) is 0 Å². The SMILES string of the molecule is C=C[C@]1(C)C[C@@H](OC(=O)CSc2cccc(N)c2)[C@@]2(C)C(=O)[C@](CCC)(CCC2C)[C@@H](C)[C@@H]1O. The maximum Gasteiger partial charge on any atom is 0.316 e. The van der Waals surface area contributed by atoms with Crippen molar-refractivity contribution < 1.29 is 19.4 Å². The van der Waals surface area contributed by atoms with Gasteiger partial charge in [0.2, 0.25) is 0 Å². The van der Waals surface area contributed by atoms with Crippen LogP contribution in [0.3, 0.4) is 0 Å². The van der Waals surface area contributed by atoms with Crippen molar-refractivity contribution in [3.63, 3.8) is 0 Å². The number of hydrogen-bond acceptors (Lipinski definition) is 6. The summed E-state index contributed by atoms with van der Waals surface area (Å²) in [6.45, 7) is 14.2. The summed E-state index contributed by atoms with van der Waals surface area (Å²) in [7, 11) is 0. The van der Waals surface area contributed by atoms with Gasteiger partial charge in [0.15, 0.2) is 0 Å². The van der Waals surface area contributed by atoms with Gasteiger partial charge >= 0.3 is 5.97 Å². The molecule has 2 saturated carbocycles. The Labute approximate surface area is 208 Å². The molecule has 5 nitrogen and oxygen atoms in total. The van der Waals surface area contributed by atoms with E-state index >= 15 is 0 Å². The lowest BCUT2D eigenvalue weighted by atomic mass is 9.46. The average molecular weight is 488 g/mol. The van der Waals surface area contributed by atoms with Crippen LogP contribution in [0.1, 0.15) is 66.7 Å². The van der Waals surface area contributed by atoms with Crippen LogP contribution in [-0.2, 0) is 14.3 Å². The van der Waals surface area contributed by atoms with Crippen LogP contribution in [0, 0.1) is 28.1 Å². The molecule has 0 heterocycles. The van der Waals surface area contributed by atoms with Gasteiger partial charge in [0.1, 0.15) is 11.9 Å². The van der Waals surface area contributed by atoms with Crippen LogP contribution in [0.15, 0.2) is 41.8 Å².